The van der Waals surface area contributed by atoms with Crippen LogP contribution in [0.4, 0.5) is 5.69 Å². The number of nitrogens with zero attached hydrogens (tertiary/aromatic N) is 1. The fraction of sp³-hybridized carbons (Fsp3) is 0.680. The average Bonchev–Trinajstić information content (AvgIpc) is 3.41. The van der Waals surface area contributed by atoms with Gasteiger partial charge in [0.1, 0.15) is 4.83 Å². The highest BCUT2D eigenvalue weighted by Crippen LogP contribution is 2.40. The van der Waals surface area contributed by atoms with Gasteiger partial charge in [-0.05, 0) is 82.8 Å². The summed E-state index contributed by atoms with van der Waals surface area (Å²) in [6.07, 6.45) is 12.4. The largest absolute Gasteiger partial charge is 0.384 e. The minimum Gasteiger partial charge on any atom is -0.384 e. The summed E-state index contributed by atoms with van der Waals surface area (Å²) >= 11 is 1.83. The number of pyridine rings is 1. The maximum atomic E-state index is 12.1. The van der Waals surface area contributed by atoms with Gasteiger partial charge in [0.15, 0.2) is 0 Å². The van der Waals surface area contributed by atoms with Gasteiger partial charge in [0, 0.05) is 52.2 Å². The van der Waals surface area contributed by atoms with Gasteiger partial charge in [0.05, 0.1) is 0 Å². The van der Waals surface area contributed by atoms with Crippen LogP contribution in [0.25, 0.3) is 10.2 Å². The maximum absolute atomic E-state index is 12.1. The smallest absolute Gasteiger partial charge is 0.219 e. The molecule has 7 heteroatoms. The number of unbranched alkanes of at least 4 members (excludes halogenated alkanes) is 2. The van der Waals surface area contributed by atoms with Crippen LogP contribution in [0.3, 0.4) is 0 Å². The number of aryl methyl sites for hydroxylation is 3. The number of anilines is 1. The van der Waals surface area contributed by atoms with Crippen LogP contribution in [-0.4, -0.2) is 35.0 Å². The van der Waals surface area contributed by atoms with Crippen LogP contribution in [0, 0.1) is 13.8 Å². The molecule has 1 amide bonds. The van der Waals surface area contributed by atoms with Crippen molar-refractivity contribution in [1.82, 2.24) is 10.3 Å². The van der Waals surface area contributed by atoms with Crippen molar-refractivity contribution >= 4 is 54.7 Å². The topological polar surface area (TPSA) is 54.0 Å². The second-order valence-corrected chi connectivity index (χ2v) is 13.1. The van der Waals surface area contributed by atoms with E-state index in [1.54, 1.807) is 0 Å². The molecule has 0 radical (unpaired) electrons. The lowest BCUT2D eigenvalue weighted by molar-refractivity contribution is -0.121. The first kappa shape index (κ1) is 24.2. The standard InChI is InChI=1S/C25H37N3OS3/c1-17-18(2)31-25-23(17)24(20-10-4-5-11-21(20)28-25)27-15-8-7-14-26-22(29)12-6-3-9-19-13-16-30-32-19/h19H,3-16H2,1-2H3,(H,26,29)(H,27,28). The van der Waals surface area contributed by atoms with E-state index < -0.39 is 0 Å². The molecule has 0 bridgehead atoms. The van der Waals surface area contributed by atoms with E-state index in [2.05, 4.69) is 24.5 Å². The number of aromatic nitrogens is 1. The van der Waals surface area contributed by atoms with Crippen molar-refractivity contribution in [3.63, 3.8) is 0 Å². The Balaban J connectivity index is 1.18. The normalized spacial score (nSPS) is 18.1. The quantitative estimate of drug-likeness (QED) is 0.267. The third kappa shape index (κ3) is 6.15. The summed E-state index contributed by atoms with van der Waals surface area (Å²) in [5, 5.41) is 9.06. The first-order valence-electron chi connectivity index (χ1n) is 12.3. The van der Waals surface area contributed by atoms with Gasteiger partial charge in [-0.25, -0.2) is 4.98 Å². The molecule has 0 spiro atoms. The molecule has 2 N–H and O–H groups in total. The molecule has 1 saturated heterocycles. The Hall–Kier alpha value is -0.920. The van der Waals surface area contributed by atoms with Gasteiger partial charge in [-0.15, -0.1) is 11.3 Å². The Morgan fingerprint density at radius 2 is 1.94 bits per heavy atom. The van der Waals surface area contributed by atoms with E-state index in [-0.39, 0.29) is 5.91 Å². The molecule has 0 saturated carbocycles. The molecule has 2 aliphatic rings. The van der Waals surface area contributed by atoms with Crippen LogP contribution in [0.1, 0.15) is 79.5 Å². The maximum Gasteiger partial charge on any atom is 0.219 e. The summed E-state index contributed by atoms with van der Waals surface area (Å²) < 4.78 is 0. The highest BCUT2D eigenvalue weighted by atomic mass is 33.1. The van der Waals surface area contributed by atoms with E-state index in [0.29, 0.717) is 6.42 Å². The van der Waals surface area contributed by atoms with Crippen LogP contribution in [-0.2, 0) is 17.6 Å². The summed E-state index contributed by atoms with van der Waals surface area (Å²) in [7, 11) is 4.04. The van der Waals surface area contributed by atoms with Crippen LogP contribution < -0.4 is 10.6 Å². The number of rotatable bonds is 11. The van der Waals surface area contributed by atoms with Crippen molar-refractivity contribution < 1.29 is 4.79 Å². The summed E-state index contributed by atoms with van der Waals surface area (Å²) in [5.74, 6) is 1.52. The van der Waals surface area contributed by atoms with Crippen LogP contribution in [0.5, 0.6) is 0 Å². The minimum absolute atomic E-state index is 0.223. The molecule has 2 aromatic heterocycles. The van der Waals surface area contributed by atoms with Crippen molar-refractivity contribution in [3.8, 4) is 0 Å². The number of carbonyl (C=O) groups excluding carboxylic acids is 1. The zero-order valence-corrected chi connectivity index (χ0v) is 22.0. The van der Waals surface area contributed by atoms with Gasteiger partial charge >= 0.3 is 0 Å². The lowest BCUT2D eigenvalue weighted by atomic mass is 9.93. The molecule has 3 heterocycles. The lowest BCUT2D eigenvalue weighted by Crippen LogP contribution is -2.24. The number of carbonyl (C=O) groups is 1. The number of nitrogens with one attached hydrogen (secondary N) is 2. The predicted octanol–water partition coefficient (Wildman–Crippen LogP) is 6.81. The molecule has 1 aliphatic heterocycles. The predicted molar refractivity (Wildman–Crippen MR) is 143 cm³/mol. The number of thiophene rings is 1. The fourth-order valence-electron chi connectivity index (χ4n) is 4.73. The van der Waals surface area contributed by atoms with Gasteiger partial charge in [0.2, 0.25) is 5.91 Å². The molecule has 176 valence electrons. The third-order valence-corrected chi connectivity index (χ3v) is 10.8. The third-order valence-electron chi connectivity index (χ3n) is 6.73. The summed E-state index contributed by atoms with van der Waals surface area (Å²) in [4.78, 5) is 19.7. The number of hydrogen-bond donors (Lipinski definition) is 2. The summed E-state index contributed by atoms with van der Waals surface area (Å²) in [6, 6.07) is 0. The van der Waals surface area contributed by atoms with E-state index in [1.165, 1.54) is 75.5 Å². The van der Waals surface area contributed by atoms with E-state index in [4.69, 9.17) is 4.98 Å². The Labute approximate surface area is 204 Å². The fourth-order valence-corrected chi connectivity index (χ4v) is 8.82. The highest BCUT2D eigenvalue weighted by molar-refractivity contribution is 8.77. The highest BCUT2D eigenvalue weighted by Gasteiger charge is 2.21. The van der Waals surface area contributed by atoms with Gasteiger partial charge in [-0.3, -0.25) is 4.79 Å². The molecule has 2 aromatic rings. The molecular weight excluding hydrogens is 454 g/mol. The van der Waals surface area contributed by atoms with Crippen molar-refractivity contribution in [2.45, 2.75) is 89.7 Å². The monoisotopic (exact) mass is 491 g/mol. The first-order valence-corrected chi connectivity index (χ1v) is 15.5. The summed E-state index contributed by atoms with van der Waals surface area (Å²) in [5.41, 5.74) is 5.48. The second-order valence-electron chi connectivity index (χ2n) is 9.14. The lowest BCUT2D eigenvalue weighted by Gasteiger charge is -2.21. The minimum atomic E-state index is 0.223. The van der Waals surface area contributed by atoms with Crippen LogP contribution in [0.2, 0.25) is 0 Å². The number of fused-ring (bicyclic) bond motifs is 2. The number of amides is 1. The molecule has 4 nitrogen and oxygen atoms in total. The SMILES string of the molecule is Cc1sc2nc3c(c(NCCCCNC(=O)CCCCC4CCSS4)c2c1C)CCCC3. The van der Waals surface area contributed by atoms with Gasteiger partial charge in [0.25, 0.3) is 0 Å². The molecule has 1 aliphatic carbocycles. The molecule has 1 atom stereocenters. The summed E-state index contributed by atoms with van der Waals surface area (Å²) in [6.45, 7) is 6.18. The van der Waals surface area contributed by atoms with Crippen molar-refractivity contribution in [2.24, 2.45) is 0 Å². The van der Waals surface area contributed by atoms with E-state index in [9.17, 15) is 4.79 Å². The Morgan fingerprint density at radius 3 is 2.78 bits per heavy atom. The van der Waals surface area contributed by atoms with E-state index in [0.717, 1.165) is 50.4 Å². The molecule has 32 heavy (non-hydrogen) atoms. The Bertz CT molecular complexity index is 921. The van der Waals surface area contributed by atoms with Gasteiger partial charge in [-0.2, -0.15) is 0 Å². The molecule has 1 unspecified atom stereocenters. The van der Waals surface area contributed by atoms with Crippen molar-refractivity contribution in [2.75, 3.05) is 24.2 Å². The van der Waals surface area contributed by atoms with E-state index in [1.807, 2.05) is 32.9 Å². The van der Waals surface area contributed by atoms with Gasteiger partial charge < -0.3 is 10.6 Å². The molecule has 0 aromatic carbocycles. The Kier molecular flexibility index (Phi) is 9.06. The van der Waals surface area contributed by atoms with Gasteiger partial charge in [-0.1, -0.05) is 28.0 Å². The number of hydrogen-bond acceptors (Lipinski definition) is 6. The second kappa shape index (κ2) is 12.0. The molecule has 4 rings (SSSR count). The zero-order chi connectivity index (χ0) is 22.3. The van der Waals surface area contributed by atoms with E-state index >= 15 is 0 Å². The van der Waals surface area contributed by atoms with Crippen molar-refractivity contribution in [1.29, 1.82) is 0 Å². The molecule has 1 fully saturated rings. The zero-order valence-electron chi connectivity index (χ0n) is 19.6. The Morgan fingerprint density at radius 1 is 1.09 bits per heavy atom. The van der Waals surface area contributed by atoms with Crippen LogP contribution in [0.15, 0.2) is 0 Å². The average molecular weight is 492 g/mol. The molecular formula is C25H37N3OS3. The van der Waals surface area contributed by atoms with Crippen LogP contribution >= 0.6 is 32.9 Å². The first-order chi connectivity index (χ1) is 15.6. The van der Waals surface area contributed by atoms with Crippen molar-refractivity contribution in [3.05, 3.63) is 21.7 Å².